The highest BCUT2D eigenvalue weighted by Gasteiger charge is 2.37. The number of hydrogen-bond acceptors (Lipinski definition) is 3. The second kappa shape index (κ2) is 8.40. The molecular formula is C26H14F6N2O2. The molecule has 4 nitrogen and oxygen atoms in total. The first kappa shape index (κ1) is 23.4. The second-order valence-corrected chi connectivity index (χ2v) is 7.97. The van der Waals surface area contributed by atoms with E-state index in [4.69, 9.17) is 4.42 Å². The summed E-state index contributed by atoms with van der Waals surface area (Å²) in [6.45, 7) is 0. The van der Waals surface area contributed by atoms with Crippen LogP contribution < -0.4 is 5.32 Å². The minimum Gasteiger partial charge on any atom is -0.454 e. The van der Waals surface area contributed by atoms with Crippen LogP contribution in [0.25, 0.3) is 33.3 Å². The first-order valence-corrected chi connectivity index (χ1v) is 10.5. The molecule has 1 N–H and O–H groups in total. The van der Waals surface area contributed by atoms with E-state index in [0.717, 1.165) is 5.39 Å². The van der Waals surface area contributed by atoms with Crippen molar-refractivity contribution in [3.8, 4) is 11.5 Å². The highest BCUT2D eigenvalue weighted by Crippen LogP contribution is 2.38. The highest BCUT2D eigenvalue weighted by atomic mass is 19.4. The van der Waals surface area contributed by atoms with Gasteiger partial charge in [-0.15, -0.1) is 0 Å². The number of anilines is 1. The minimum absolute atomic E-state index is 0.00188. The van der Waals surface area contributed by atoms with E-state index in [0.29, 0.717) is 34.4 Å². The van der Waals surface area contributed by atoms with Gasteiger partial charge in [0.05, 0.1) is 22.2 Å². The summed E-state index contributed by atoms with van der Waals surface area (Å²) in [5.74, 6) is -0.562. The van der Waals surface area contributed by atoms with Crippen LogP contribution in [-0.4, -0.2) is 10.9 Å². The Labute approximate surface area is 199 Å². The molecule has 0 fully saturated rings. The Morgan fingerprint density at radius 2 is 1.42 bits per heavy atom. The largest absolute Gasteiger partial charge is 0.454 e. The predicted octanol–water partition coefficient (Wildman–Crippen LogP) is 7.94. The minimum atomic E-state index is -5.04. The number of amides is 1. The van der Waals surface area contributed by atoms with Gasteiger partial charge in [0, 0.05) is 16.5 Å². The topological polar surface area (TPSA) is 55.1 Å². The summed E-state index contributed by atoms with van der Waals surface area (Å²) in [7, 11) is 0. The van der Waals surface area contributed by atoms with E-state index in [1.54, 1.807) is 42.5 Å². The third-order valence-electron chi connectivity index (χ3n) is 5.48. The van der Waals surface area contributed by atoms with E-state index >= 15 is 0 Å². The molecule has 3 aromatic carbocycles. The lowest BCUT2D eigenvalue weighted by atomic mass is 10.0. The number of halogens is 6. The summed E-state index contributed by atoms with van der Waals surface area (Å²) in [4.78, 5) is 17.7. The SMILES string of the molecule is O=C(Nc1cc(C(F)(F)F)cc(C(F)(F)F)c1)c1cc(-c2cc3ccccc3o2)nc2ccccc12. The van der Waals surface area contributed by atoms with Crippen molar-refractivity contribution in [2.75, 3.05) is 5.32 Å². The first-order chi connectivity index (χ1) is 17.0. The van der Waals surface area contributed by atoms with Crippen LogP contribution in [0.1, 0.15) is 21.5 Å². The van der Waals surface area contributed by atoms with Gasteiger partial charge in [0.1, 0.15) is 11.3 Å². The van der Waals surface area contributed by atoms with Crippen molar-refractivity contribution in [1.82, 2.24) is 4.98 Å². The smallest absolute Gasteiger partial charge is 0.416 e. The lowest BCUT2D eigenvalue weighted by Gasteiger charge is -2.15. The zero-order valence-electron chi connectivity index (χ0n) is 18.0. The van der Waals surface area contributed by atoms with Crippen LogP contribution in [0.3, 0.4) is 0 Å². The van der Waals surface area contributed by atoms with E-state index in [2.05, 4.69) is 10.3 Å². The summed E-state index contributed by atoms with van der Waals surface area (Å²) in [6.07, 6.45) is -10.1. The molecule has 5 aromatic rings. The third kappa shape index (κ3) is 4.49. The average molecular weight is 500 g/mol. The van der Waals surface area contributed by atoms with Crippen LogP contribution in [0.5, 0.6) is 0 Å². The molecule has 182 valence electrons. The van der Waals surface area contributed by atoms with Crippen molar-refractivity contribution in [3.05, 3.63) is 95.6 Å². The van der Waals surface area contributed by atoms with Gasteiger partial charge in [0.15, 0.2) is 5.76 Å². The van der Waals surface area contributed by atoms with Crippen LogP contribution in [0.15, 0.2) is 83.3 Å². The molecule has 2 heterocycles. The summed E-state index contributed by atoms with van der Waals surface area (Å²) >= 11 is 0. The van der Waals surface area contributed by atoms with Gasteiger partial charge in [-0.1, -0.05) is 36.4 Å². The number of aromatic nitrogens is 1. The molecule has 0 aliphatic rings. The standard InChI is InChI=1S/C26H14F6N2O2/c27-25(28,29)15-10-16(26(30,31)32)12-17(11-15)33-24(35)19-13-21(34-20-7-3-2-6-18(19)20)23-9-14-5-1-4-8-22(14)36-23/h1-13H,(H,33,35). The summed E-state index contributed by atoms with van der Waals surface area (Å²) in [6, 6.07) is 17.7. The number of hydrogen-bond donors (Lipinski definition) is 1. The van der Waals surface area contributed by atoms with Crippen LogP contribution in [0.2, 0.25) is 0 Å². The van der Waals surface area contributed by atoms with Crippen molar-refractivity contribution in [2.45, 2.75) is 12.4 Å². The van der Waals surface area contributed by atoms with Crippen molar-refractivity contribution in [3.63, 3.8) is 0 Å². The van der Waals surface area contributed by atoms with Gasteiger partial charge in [-0.25, -0.2) is 4.98 Å². The maximum Gasteiger partial charge on any atom is 0.416 e. The molecule has 1 amide bonds. The third-order valence-corrected chi connectivity index (χ3v) is 5.48. The van der Waals surface area contributed by atoms with Gasteiger partial charge in [-0.05, 0) is 42.5 Å². The Kier molecular flexibility index (Phi) is 5.46. The highest BCUT2D eigenvalue weighted by molar-refractivity contribution is 6.13. The molecule has 0 spiro atoms. The molecule has 0 aliphatic heterocycles. The molecule has 2 aromatic heterocycles. The van der Waals surface area contributed by atoms with Gasteiger partial charge in [0.25, 0.3) is 5.91 Å². The molecule has 0 unspecified atom stereocenters. The van der Waals surface area contributed by atoms with Crippen molar-refractivity contribution in [1.29, 1.82) is 0 Å². The van der Waals surface area contributed by atoms with Gasteiger partial charge in [-0.3, -0.25) is 4.79 Å². The maximum absolute atomic E-state index is 13.2. The van der Waals surface area contributed by atoms with Crippen molar-refractivity contribution in [2.24, 2.45) is 0 Å². The monoisotopic (exact) mass is 500 g/mol. The van der Waals surface area contributed by atoms with Crippen LogP contribution in [0, 0.1) is 0 Å². The first-order valence-electron chi connectivity index (χ1n) is 10.5. The van der Waals surface area contributed by atoms with Gasteiger partial charge in [-0.2, -0.15) is 26.3 Å². The van der Waals surface area contributed by atoms with E-state index in [9.17, 15) is 31.1 Å². The zero-order valence-corrected chi connectivity index (χ0v) is 18.0. The molecule has 0 bridgehead atoms. The number of carbonyl (C=O) groups is 1. The van der Waals surface area contributed by atoms with Gasteiger partial charge < -0.3 is 9.73 Å². The molecule has 36 heavy (non-hydrogen) atoms. The Hall–Kier alpha value is -4.34. The lowest BCUT2D eigenvalue weighted by Crippen LogP contribution is -2.16. The van der Waals surface area contributed by atoms with E-state index in [-0.39, 0.29) is 17.3 Å². The molecule has 10 heteroatoms. The molecule has 0 aliphatic carbocycles. The van der Waals surface area contributed by atoms with E-state index < -0.39 is 35.1 Å². The van der Waals surface area contributed by atoms with Crippen LogP contribution >= 0.6 is 0 Å². The Morgan fingerprint density at radius 3 is 2.08 bits per heavy atom. The van der Waals surface area contributed by atoms with Crippen LogP contribution in [-0.2, 0) is 12.4 Å². The Morgan fingerprint density at radius 1 is 0.778 bits per heavy atom. The number of rotatable bonds is 3. The second-order valence-electron chi connectivity index (χ2n) is 7.97. The quantitative estimate of drug-likeness (QED) is 0.256. The predicted molar refractivity (Wildman–Crippen MR) is 121 cm³/mol. The number of furan rings is 1. The fourth-order valence-electron chi connectivity index (χ4n) is 3.82. The fraction of sp³-hybridized carbons (Fsp3) is 0.0769. The number of alkyl halides is 6. The lowest BCUT2D eigenvalue weighted by molar-refractivity contribution is -0.143. The zero-order chi connectivity index (χ0) is 25.7. The molecular weight excluding hydrogens is 486 g/mol. The summed E-state index contributed by atoms with van der Waals surface area (Å²) in [5, 5.41) is 3.33. The van der Waals surface area contributed by atoms with Crippen LogP contribution in [0.4, 0.5) is 32.0 Å². The normalized spacial score (nSPS) is 12.3. The number of para-hydroxylation sites is 2. The number of pyridine rings is 1. The van der Waals surface area contributed by atoms with E-state index in [1.165, 1.54) is 6.07 Å². The Balaban J connectivity index is 1.60. The average Bonchev–Trinajstić information content (AvgIpc) is 3.26. The molecule has 5 rings (SSSR count). The molecule has 0 saturated heterocycles. The fourth-order valence-corrected chi connectivity index (χ4v) is 3.82. The summed E-state index contributed by atoms with van der Waals surface area (Å²) < 4.78 is 85.2. The van der Waals surface area contributed by atoms with Crippen molar-refractivity contribution >= 4 is 33.5 Å². The van der Waals surface area contributed by atoms with Gasteiger partial charge >= 0.3 is 12.4 Å². The number of carbonyl (C=O) groups excluding carboxylic acids is 1. The molecule has 0 radical (unpaired) electrons. The molecule has 0 atom stereocenters. The maximum atomic E-state index is 13.2. The summed E-state index contributed by atoms with van der Waals surface area (Å²) in [5.41, 5.74) is -2.46. The van der Waals surface area contributed by atoms with Gasteiger partial charge in [0.2, 0.25) is 0 Å². The Bertz CT molecular complexity index is 1550. The number of nitrogens with zero attached hydrogens (tertiary/aromatic N) is 1. The van der Waals surface area contributed by atoms with Crippen molar-refractivity contribution < 1.29 is 35.6 Å². The number of benzene rings is 3. The molecule has 0 saturated carbocycles. The number of nitrogens with one attached hydrogen (secondary N) is 1. The number of fused-ring (bicyclic) bond motifs is 2. The van der Waals surface area contributed by atoms with E-state index in [1.807, 2.05) is 12.1 Å².